The van der Waals surface area contributed by atoms with Crippen molar-refractivity contribution in [3.8, 4) is 5.88 Å². The van der Waals surface area contributed by atoms with Crippen molar-refractivity contribution in [3.05, 3.63) is 24.4 Å². The summed E-state index contributed by atoms with van der Waals surface area (Å²) >= 11 is 1.86. The van der Waals surface area contributed by atoms with Crippen LogP contribution in [0.5, 0.6) is 5.88 Å². The van der Waals surface area contributed by atoms with E-state index >= 15 is 0 Å². The zero-order valence-electron chi connectivity index (χ0n) is 14.3. The van der Waals surface area contributed by atoms with Gasteiger partial charge in [0.05, 0.1) is 6.54 Å². The van der Waals surface area contributed by atoms with Gasteiger partial charge in [-0.3, -0.25) is 4.99 Å². The highest BCUT2D eigenvalue weighted by molar-refractivity contribution is 14.0. The topological polar surface area (TPSA) is 49.8 Å². The van der Waals surface area contributed by atoms with E-state index in [4.69, 9.17) is 4.74 Å². The van der Waals surface area contributed by atoms with Gasteiger partial charge in [-0.05, 0) is 26.2 Å². The van der Waals surface area contributed by atoms with Crippen LogP contribution in [0.3, 0.4) is 0 Å². The van der Waals surface area contributed by atoms with Crippen molar-refractivity contribution in [2.75, 3.05) is 32.9 Å². The maximum absolute atomic E-state index is 5.93. The lowest BCUT2D eigenvalue weighted by atomic mass is 10.2. The minimum Gasteiger partial charge on any atom is -0.472 e. The van der Waals surface area contributed by atoms with Gasteiger partial charge in [-0.25, -0.2) is 4.98 Å². The van der Waals surface area contributed by atoms with Crippen LogP contribution >= 0.6 is 35.7 Å². The van der Waals surface area contributed by atoms with Gasteiger partial charge in [0.1, 0.15) is 6.10 Å². The Bertz CT molecular complexity index is 498. The number of ether oxygens (including phenoxy) is 1. The molecule has 0 radical (unpaired) electrons. The Hall–Kier alpha value is -0.700. The minimum atomic E-state index is 0. The molecule has 0 aliphatic carbocycles. The highest BCUT2D eigenvalue weighted by Gasteiger charge is 2.27. The molecule has 0 aromatic carbocycles. The van der Waals surface area contributed by atoms with Crippen molar-refractivity contribution in [2.24, 2.45) is 4.99 Å². The molecular weight excluding hydrogens is 423 g/mol. The molecule has 130 valence electrons. The summed E-state index contributed by atoms with van der Waals surface area (Å²) in [4.78, 5) is 10.9. The fourth-order valence-electron chi connectivity index (χ4n) is 2.30. The van der Waals surface area contributed by atoms with Crippen molar-refractivity contribution in [1.29, 1.82) is 0 Å². The summed E-state index contributed by atoms with van der Waals surface area (Å²) in [7, 11) is 1.83. The van der Waals surface area contributed by atoms with E-state index in [-0.39, 0.29) is 34.8 Å². The van der Waals surface area contributed by atoms with Crippen LogP contribution in [0, 0.1) is 0 Å². The van der Waals surface area contributed by atoms with Gasteiger partial charge in [0, 0.05) is 43.6 Å². The molecule has 1 fully saturated rings. The van der Waals surface area contributed by atoms with Gasteiger partial charge in [-0.15, -0.1) is 24.0 Å². The smallest absolute Gasteiger partial charge is 0.213 e. The van der Waals surface area contributed by atoms with E-state index in [2.05, 4.69) is 40.3 Å². The maximum atomic E-state index is 5.93. The van der Waals surface area contributed by atoms with Crippen LogP contribution < -0.4 is 10.1 Å². The number of thioether (sulfide) groups is 1. The van der Waals surface area contributed by atoms with Crippen molar-refractivity contribution < 1.29 is 4.74 Å². The summed E-state index contributed by atoms with van der Waals surface area (Å²) in [6.07, 6.45) is 5.05. The molecule has 0 bridgehead atoms. The molecule has 7 heteroatoms. The van der Waals surface area contributed by atoms with Gasteiger partial charge in [-0.1, -0.05) is 6.07 Å². The van der Waals surface area contributed by atoms with E-state index in [1.807, 2.05) is 37.0 Å². The predicted molar refractivity (Wildman–Crippen MR) is 109 cm³/mol. The molecule has 1 unspecified atom stereocenters. The Morgan fingerprint density at radius 1 is 1.52 bits per heavy atom. The fourth-order valence-corrected chi connectivity index (χ4v) is 2.52. The first-order chi connectivity index (χ1) is 10.5. The predicted octanol–water partition coefficient (Wildman–Crippen LogP) is 2.87. The van der Waals surface area contributed by atoms with Crippen LogP contribution in [-0.4, -0.2) is 59.6 Å². The molecule has 1 atom stereocenters. The summed E-state index contributed by atoms with van der Waals surface area (Å²) in [5.74, 6) is 1.65. The largest absolute Gasteiger partial charge is 0.472 e. The van der Waals surface area contributed by atoms with Gasteiger partial charge in [0.2, 0.25) is 5.88 Å². The third-order valence-electron chi connectivity index (χ3n) is 3.81. The number of hydrogen-bond donors (Lipinski definition) is 1. The van der Waals surface area contributed by atoms with Crippen LogP contribution in [0.15, 0.2) is 29.4 Å². The fraction of sp³-hybridized carbons (Fsp3) is 0.625. The highest BCUT2D eigenvalue weighted by atomic mass is 127. The molecule has 0 amide bonds. The van der Waals surface area contributed by atoms with Gasteiger partial charge in [0.15, 0.2) is 5.96 Å². The normalized spacial score (nSPS) is 18.5. The van der Waals surface area contributed by atoms with Crippen LogP contribution in [0.1, 0.15) is 20.3 Å². The van der Waals surface area contributed by atoms with E-state index in [1.165, 1.54) is 0 Å². The average molecular weight is 450 g/mol. The van der Waals surface area contributed by atoms with Gasteiger partial charge in [0.25, 0.3) is 0 Å². The number of aromatic nitrogens is 1. The van der Waals surface area contributed by atoms with Crippen LogP contribution in [0.4, 0.5) is 0 Å². The maximum Gasteiger partial charge on any atom is 0.213 e. The molecule has 1 aromatic heterocycles. The highest BCUT2D eigenvalue weighted by Crippen LogP contribution is 2.20. The Morgan fingerprint density at radius 2 is 2.30 bits per heavy atom. The second-order valence-electron chi connectivity index (χ2n) is 6.01. The molecule has 1 aliphatic rings. The second-order valence-corrected chi connectivity index (χ2v) is 7.52. The number of nitrogens with zero attached hydrogens (tertiary/aromatic N) is 3. The number of hydrogen-bond acceptors (Lipinski definition) is 4. The first-order valence-electron chi connectivity index (χ1n) is 7.62. The molecule has 0 saturated carbocycles. The molecule has 5 nitrogen and oxygen atoms in total. The van der Waals surface area contributed by atoms with Crippen LogP contribution in [0.25, 0.3) is 0 Å². The zero-order valence-corrected chi connectivity index (χ0v) is 17.4. The van der Waals surface area contributed by atoms with E-state index in [1.54, 1.807) is 6.20 Å². The van der Waals surface area contributed by atoms with E-state index < -0.39 is 0 Å². The molecule has 1 aliphatic heterocycles. The van der Waals surface area contributed by atoms with Crippen molar-refractivity contribution in [1.82, 2.24) is 15.2 Å². The van der Waals surface area contributed by atoms with E-state index in [0.29, 0.717) is 5.88 Å². The molecule has 1 aromatic rings. The molecule has 1 N–H and O–H groups in total. The van der Waals surface area contributed by atoms with E-state index in [9.17, 15) is 0 Å². The summed E-state index contributed by atoms with van der Waals surface area (Å²) in [6.45, 7) is 7.15. The third kappa shape index (κ3) is 6.37. The quantitative estimate of drug-likeness (QED) is 0.425. The SMILES string of the molecule is CN=C(NCC(C)(C)SC)N1CCC(Oc2ccccn2)C1.I. The summed E-state index contributed by atoms with van der Waals surface area (Å²) in [5.41, 5.74) is 0. The number of halogens is 1. The van der Waals surface area contributed by atoms with Crippen molar-refractivity contribution in [2.45, 2.75) is 31.1 Å². The first kappa shape index (κ1) is 20.3. The molecule has 23 heavy (non-hydrogen) atoms. The van der Waals surface area contributed by atoms with Crippen molar-refractivity contribution in [3.63, 3.8) is 0 Å². The lowest BCUT2D eigenvalue weighted by Gasteiger charge is -2.27. The average Bonchev–Trinajstić information content (AvgIpc) is 2.97. The lowest BCUT2D eigenvalue weighted by Crippen LogP contribution is -2.45. The van der Waals surface area contributed by atoms with Gasteiger partial charge in [-0.2, -0.15) is 11.8 Å². The minimum absolute atomic E-state index is 0. The van der Waals surface area contributed by atoms with Crippen molar-refractivity contribution >= 4 is 41.7 Å². The van der Waals surface area contributed by atoms with Crippen LogP contribution in [0.2, 0.25) is 0 Å². The lowest BCUT2D eigenvalue weighted by molar-refractivity contribution is 0.205. The molecular formula is C16H27IN4OS. The molecule has 2 heterocycles. The Balaban J connectivity index is 0.00000264. The van der Waals surface area contributed by atoms with Crippen LogP contribution in [-0.2, 0) is 0 Å². The second kappa shape index (κ2) is 9.56. The first-order valence-corrected chi connectivity index (χ1v) is 8.85. The molecule has 2 rings (SSSR count). The molecule has 0 spiro atoms. The van der Waals surface area contributed by atoms with Gasteiger partial charge >= 0.3 is 0 Å². The number of rotatable bonds is 5. The number of pyridine rings is 1. The summed E-state index contributed by atoms with van der Waals surface area (Å²) in [6, 6.07) is 5.74. The zero-order chi connectivity index (χ0) is 16.0. The Kier molecular flexibility index (Phi) is 8.46. The third-order valence-corrected chi connectivity index (χ3v) is 5.06. The standard InChI is InChI=1S/C16H26N4OS.HI/c1-16(2,22-4)12-19-15(17-3)20-10-8-13(11-20)21-14-7-5-6-9-18-14;/h5-7,9,13H,8,10-12H2,1-4H3,(H,17,19);1H. The number of nitrogens with one attached hydrogen (secondary N) is 1. The Morgan fingerprint density at radius 3 is 2.91 bits per heavy atom. The molecule has 1 saturated heterocycles. The Labute approximate surface area is 160 Å². The summed E-state index contributed by atoms with van der Waals surface area (Å²) in [5, 5.41) is 3.47. The van der Waals surface area contributed by atoms with Gasteiger partial charge < -0.3 is 15.0 Å². The monoisotopic (exact) mass is 450 g/mol. The number of aliphatic imine (C=N–C) groups is 1. The summed E-state index contributed by atoms with van der Waals surface area (Å²) < 4.78 is 6.12. The number of guanidine groups is 1. The number of likely N-dealkylation sites (tertiary alicyclic amines) is 1. The van der Waals surface area contributed by atoms with E-state index in [0.717, 1.165) is 32.0 Å².